The van der Waals surface area contributed by atoms with Crippen LogP contribution in [0.15, 0.2) is 42.5 Å². The molecule has 0 saturated carbocycles. The van der Waals surface area contributed by atoms with Crippen molar-refractivity contribution in [3.8, 4) is 0 Å². The van der Waals surface area contributed by atoms with Crippen molar-refractivity contribution in [2.75, 3.05) is 5.32 Å². The summed E-state index contributed by atoms with van der Waals surface area (Å²) in [5.41, 5.74) is 4.95. The Balaban J connectivity index is 2.08. The summed E-state index contributed by atoms with van der Waals surface area (Å²) < 4.78 is 0. The van der Waals surface area contributed by atoms with Crippen molar-refractivity contribution in [1.82, 2.24) is 0 Å². The number of aryl methyl sites for hydroxylation is 1. The standard InChI is InChI=1S/C23H29NO2/c1-15(2)19-7-6-8-20(16(3)4)23(19)24-22(26)14-13-21(25)18-11-9-17(5)10-12-18/h6-12,15-16H,13-14H2,1-5H3,(H,24,26). The van der Waals surface area contributed by atoms with Crippen LogP contribution < -0.4 is 5.32 Å². The SMILES string of the molecule is Cc1ccc(C(=O)CCC(=O)Nc2c(C(C)C)cccc2C(C)C)cc1. The monoisotopic (exact) mass is 351 g/mol. The molecule has 0 aliphatic heterocycles. The van der Waals surface area contributed by atoms with Crippen molar-refractivity contribution in [2.24, 2.45) is 0 Å². The minimum atomic E-state index is -0.111. The zero-order chi connectivity index (χ0) is 19.3. The van der Waals surface area contributed by atoms with Crippen LogP contribution in [0.3, 0.4) is 0 Å². The van der Waals surface area contributed by atoms with E-state index >= 15 is 0 Å². The third-order valence-electron chi connectivity index (χ3n) is 4.59. The van der Waals surface area contributed by atoms with Gasteiger partial charge < -0.3 is 5.32 Å². The largest absolute Gasteiger partial charge is 0.326 e. The van der Waals surface area contributed by atoms with Gasteiger partial charge in [0.2, 0.25) is 5.91 Å². The van der Waals surface area contributed by atoms with Gasteiger partial charge in [0, 0.05) is 24.1 Å². The highest BCUT2D eigenvalue weighted by atomic mass is 16.2. The second-order valence-corrected chi connectivity index (χ2v) is 7.46. The number of ketones is 1. The van der Waals surface area contributed by atoms with Gasteiger partial charge in [-0.05, 0) is 29.9 Å². The van der Waals surface area contributed by atoms with Crippen LogP contribution >= 0.6 is 0 Å². The van der Waals surface area contributed by atoms with E-state index in [1.165, 1.54) is 0 Å². The fourth-order valence-corrected chi connectivity index (χ4v) is 3.01. The van der Waals surface area contributed by atoms with Gasteiger partial charge in [0.05, 0.1) is 0 Å². The Morgan fingerprint density at radius 1 is 0.846 bits per heavy atom. The van der Waals surface area contributed by atoms with Crippen LogP contribution in [0, 0.1) is 6.92 Å². The second kappa shape index (κ2) is 8.79. The first-order chi connectivity index (χ1) is 12.3. The van der Waals surface area contributed by atoms with E-state index in [1.807, 2.05) is 37.3 Å². The van der Waals surface area contributed by atoms with Gasteiger partial charge in [-0.2, -0.15) is 0 Å². The summed E-state index contributed by atoms with van der Waals surface area (Å²) in [6.45, 7) is 10.5. The lowest BCUT2D eigenvalue weighted by Crippen LogP contribution is -2.17. The van der Waals surface area contributed by atoms with E-state index < -0.39 is 0 Å². The molecule has 2 aromatic carbocycles. The van der Waals surface area contributed by atoms with E-state index in [0.29, 0.717) is 17.4 Å². The first-order valence-corrected chi connectivity index (χ1v) is 9.32. The van der Waals surface area contributed by atoms with Crippen molar-refractivity contribution in [3.63, 3.8) is 0 Å². The predicted molar refractivity (Wildman–Crippen MR) is 108 cm³/mol. The normalized spacial score (nSPS) is 11.0. The summed E-state index contributed by atoms with van der Waals surface area (Å²) in [6, 6.07) is 13.6. The first kappa shape index (κ1) is 19.9. The van der Waals surface area contributed by atoms with Crippen molar-refractivity contribution < 1.29 is 9.59 Å². The van der Waals surface area contributed by atoms with E-state index in [-0.39, 0.29) is 24.5 Å². The molecule has 0 unspecified atom stereocenters. The predicted octanol–water partition coefficient (Wildman–Crippen LogP) is 5.84. The summed E-state index contributed by atoms with van der Waals surface area (Å²) >= 11 is 0. The van der Waals surface area contributed by atoms with Gasteiger partial charge in [-0.25, -0.2) is 0 Å². The molecule has 0 spiro atoms. The molecule has 0 bridgehead atoms. The van der Waals surface area contributed by atoms with Gasteiger partial charge in [0.25, 0.3) is 0 Å². The highest BCUT2D eigenvalue weighted by Gasteiger charge is 2.16. The Bertz CT molecular complexity index is 747. The number of nitrogens with one attached hydrogen (secondary N) is 1. The molecule has 3 nitrogen and oxygen atoms in total. The van der Waals surface area contributed by atoms with E-state index in [1.54, 1.807) is 0 Å². The van der Waals surface area contributed by atoms with Gasteiger partial charge in [-0.1, -0.05) is 75.7 Å². The van der Waals surface area contributed by atoms with Gasteiger partial charge in [0.15, 0.2) is 5.78 Å². The van der Waals surface area contributed by atoms with Crippen LogP contribution in [-0.4, -0.2) is 11.7 Å². The summed E-state index contributed by atoms with van der Waals surface area (Å²) in [5, 5.41) is 3.07. The molecule has 2 aromatic rings. The summed E-state index contributed by atoms with van der Waals surface area (Å²) in [6.07, 6.45) is 0.409. The maximum Gasteiger partial charge on any atom is 0.224 e. The molecule has 2 rings (SSSR count). The van der Waals surface area contributed by atoms with Gasteiger partial charge in [-0.15, -0.1) is 0 Å². The van der Waals surface area contributed by atoms with Crippen LogP contribution in [0.1, 0.15) is 79.4 Å². The quantitative estimate of drug-likeness (QED) is 0.637. The third-order valence-corrected chi connectivity index (χ3v) is 4.59. The number of anilines is 1. The average molecular weight is 351 g/mol. The van der Waals surface area contributed by atoms with E-state index in [2.05, 4.69) is 45.1 Å². The lowest BCUT2D eigenvalue weighted by Gasteiger charge is -2.20. The molecule has 1 amide bonds. The molecular formula is C23H29NO2. The Morgan fingerprint density at radius 3 is 1.88 bits per heavy atom. The van der Waals surface area contributed by atoms with E-state index in [0.717, 1.165) is 22.4 Å². The lowest BCUT2D eigenvalue weighted by molar-refractivity contribution is -0.116. The molecule has 0 saturated heterocycles. The smallest absolute Gasteiger partial charge is 0.224 e. The zero-order valence-electron chi connectivity index (χ0n) is 16.4. The molecule has 26 heavy (non-hydrogen) atoms. The molecule has 0 aromatic heterocycles. The number of carbonyl (C=O) groups is 2. The number of carbonyl (C=O) groups excluding carboxylic acids is 2. The summed E-state index contributed by atoms with van der Waals surface area (Å²) in [7, 11) is 0. The van der Waals surface area contributed by atoms with Crippen LogP contribution in [0.2, 0.25) is 0 Å². The summed E-state index contributed by atoms with van der Waals surface area (Å²) in [5.74, 6) is 0.526. The topological polar surface area (TPSA) is 46.2 Å². The highest BCUT2D eigenvalue weighted by molar-refractivity contribution is 6.00. The third kappa shape index (κ3) is 5.04. The Kier molecular flexibility index (Phi) is 6.73. The number of hydrogen-bond donors (Lipinski definition) is 1. The average Bonchev–Trinajstić information content (AvgIpc) is 2.60. The van der Waals surface area contributed by atoms with Crippen molar-refractivity contribution in [1.29, 1.82) is 0 Å². The van der Waals surface area contributed by atoms with Crippen LogP contribution in [0.25, 0.3) is 0 Å². The first-order valence-electron chi connectivity index (χ1n) is 9.32. The van der Waals surface area contributed by atoms with Crippen LogP contribution in [-0.2, 0) is 4.79 Å². The highest BCUT2D eigenvalue weighted by Crippen LogP contribution is 2.32. The molecule has 3 heteroatoms. The minimum Gasteiger partial charge on any atom is -0.326 e. The Hall–Kier alpha value is -2.42. The molecule has 138 valence electrons. The zero-order valence-corrected chi connectivity index (χ0v) is 16.4. The molecule has 0 aliphatic rings. The van der Waals surface area contributed by atoms with Gasteiger partial charge in [0.1, 0.15) is 0 Å². The molecule has 0 atom stereocenters. The van der Waals surface area contributed by atoms with Crippen molar-refractivity contribution >= 4 is 17.4 Å². The van der Waals surface area contributed by atoms with Crippen molar-refractivity contribution in [3.05, 3.63) is 64.7 Å². The number of hydrogen-bond acceptors (Lipinski definition) is 2. The summed E-state index contributed by atoms with van der Waals surface area (Å²) in [4.78, 5) is 24.8. The fourth-order valence-electron chi connectivity index (χ4n) is 3.01. The number of Topliss-reactive ketones (excluding diaryl/α,β-unsaturated/α-hetero) is 1. The van der Waals surface area contributed by atoms with Gasteiger partial charge in [-0.3, -0.25) is 9.59 Å². The van der Waals surface area contributed by atoms with E-state index in [9.17, 15) is 9.59 Å². The molecule has 1 N–H and O–H groups in total. The Morgan fingerprint density at radius 2 is 1.38 bits per heavy atom. The minimum absolute atomic E-state index is 0.00128. The van der Waals surface area contributed by atoms with Gasteiger partial charge >= 0.3 is 0 Å². The van der Waals surface area contributed by atoms with E-state index in [4.69, 9.17) is 0 Å². The van der Waals surface area contributed by atoms with Crippen molar-refractivity contribution in [2.45, 2.75) is 59.3 Å². The number of amides is 1. The number of rotatable bonds is 7. The maximum absolute atomic E-state index is 12.5. The molecule has 0 radical (unpaired) electrons. The molecular weight excluding hydrogens is 322 g/mol. The molecule has 0 aliphatic carbocycles. The van der Waals surface area contributed by atoms with Crippen LogP contribution in [0.4, 0.5) is 5.69 Å². The molecule has 0 heterocycles. The Labute approximate surface area is 156 Å². The number of benzene rings is 2. The molecule has 0 fully saturated rings. The number of para-hydroxylation sites is 1. The van der Waals surface area contributed by atoms with Crippen LogP contribution in [0.5, 0.6) is 0 Å². The second-order valence-electron chi connectivity index (χ2n) is 7.46. The fraction of sp³-hybridized carbons (Fsp3) is 0.391. The maximum atomic E-state index is 12.5. The lowest BCUT2D eigenvalue weighted by atomic mass is 9.92.